The van der Waals surface area contributed by atoms with Crippen LogP contribution >= 0.6 is 11.6 Å². The predicted octanol–water partition coefficient (Wildman–Crippen LogP) is 3.54. The Kier molecular flexibility index (Phi) is 4.09. The average Bonchev–Trinajstić information content (AvgIpc) is 2.65. The van der Waals surface area contributed by atoms with Crippen molar-refractivity contribution in [1.29, 1.82) is 0 Å². The molecule has 4 rings (SSSR count). The molecule has 0 fully saturated rings. The number of carbonyl (C=O) groups excluding carboxylic acids is 1. The van der Waals surface area contributed by atoms with E-state index in [0.717, 1.165) is 11.1 Å². The number of fused-ring (bicyclic) bond motifs is 2. The Bertz CT molecular complexity index is 1030. The quantitative estimate of drug-likeness (QED) is 0.753. The minimum Gasteiger partial charge on any atom is -0.480 e. The van der Waals surface area contributed by atoms with Crippen LogP contribution in [-0.4, -0.2) is 32.9 Å². The van der Waals surface area contributed by atoms with Gasteiger partial charge in [0.2, 0.25) is 0 Å². The van der Waals surface area contributed by atoms with Gasteiger partial charge in [-0.25, -0.2) is 4.79 Å². The summed E-state index contributed by atoms with van der Waals surface area (Å²) in [6.45, 7) is 0.267. The van der Waals surface area contributed by atoms with E-state index in [2.05, 4.69) is 4.98 Å². The molecule has 2 heterocycles. The molecule has 1 amide bonds. The third-order valence-electron chi connectivity index (χ3n) is 4.73. The molecule has 1 aliphatic rings. The van der Waals surface area contributed by atoms with Crippen LogP contribution in [0.15, 0.2) is 54.7 Å². The summed E-state index contributed by atoms with van der Waals surface area (Å²) in [7, 11) is 0. The first-order chi connectivity index (χ1) is 12.5. The summed E-state index contributed by atoms with van der Waals surface area (Å²) in [4.78, 5) is 30.7. The fraction of sp³-hybridized carbons (Fsp3) is 0.150. The van der Waals surface area contributed by atoms with Crippen LogP contribution in [0, 0.1) is 0 Å². The van der Waals surface area contributed by atoms with Crippen molar-refractivity contribution in [2.75, 3.05) is 0 Å². The average molecular weight is 367 g/mol. The Labute approximate surface area is 154 Å². The van der Waals surface area contributed by atoms with Gasteiger partial charge in [-0.1, -0.05) is 41.9 Å². The second-order valence-electron chi connectivity index (χ2n) is 6.28. The number of carbonyl (C=O) groups is 2. The number of halogens is 1. The van der Waals surface area contributed by atoms with E-state index < -0.39 is 12.0 Å². The highest BCUT2D eigenvalue weighted by Gasteiger charge is 2.35. The van der Waals surface area contributed by atoms with Crippen LogP contribution in [0.5, 0.6) is 0 Å². The van der Waals surface area contributed by atoms with Crippen molar-refractivity contribution in [3.63, 3.8) is 0 Å². The van der Waals surface area contributed by atoms with Gasteiger partial charge in [0.05, 0.1) is 11.1 Å². The molecule has 5 nitrogen and oxygen atoms in total. The number of carboxylic acid groups (broad SMARTS) is 1. The molecule has 0 radical (unpaired) electrons. The Morgan fingerprint density at radius 3 is 2.65 bits per heavy atom. The van der Waals surface area contributed by atoms with Crippen molar-refractivity contribution >= 4 is 34.4 Å². The summed E-state index contributed by atoms with van der Waals surface area (Å²) in [5, 5.41) is 10.8. The molecule has 0 saturated heterocycles. The maximum Gasteiger partial charge on any atom is 0.326 e. The second kappa shape index (κ2) is 6.42. The van der Waals surface area contributed by atoms with Crippen LogP contribution in [0.3, 0.4) is 0 Å². The van der Waals surface area contributed by atoms with E-state index >= 15 is 0 Å². The van der Waals surface area contributed by atoms with Gasteiger partial charge >= 0.3 is 5.97 Å². The number of rotatable bonds is 2. The van der Waals surface area contributed by atoms with Crippen molar-refractivity contribution in [1.82, 2.24) is 9.88 Å². The number of benzene rings is 2. The summed E-state index contributed by atoms with van der Waals surface area (Å²) in [5.74, 6) is -1.32. The third-order valence-corrected chi connectivity index (χ3v) is 4.96. The van der Waals surface area contributed by atoms with E-state index in [9.17, 15) is 14.7 Å². The number of carboxylic acids is 1. The van der Waals surface area contributed by atoms with Crippen LogP contribution in [0.1, 0.15) is 21.5 Å². The number of hydrogen-bond acceptors (Lipinski definition) is 3. The molecule has 26 heavy (non-hydrogen) atoms. The number of amides is 1. The van der Waals surface area contributed by atoms with Crippen LogP contribution in [0.4, 0.5) is 0 Å². The molecule has 0 saturated carbocycles. The lowest BCUT2D eigenvalue weighted by Gasteiger charge is -2.34. The standard InChI is InChI=1S/C20H15ClN2O3/c21-14-5-6-15-16(7-8-22-17(15)10-14)19(24)23-11-13-4-2-1-3-12(13)9-18(23)20(25)26/h1-8,10,18H,9,11H2,(H,25,26)/t18-/m0/s1. The zero-order valence-electron chi connectivity index (χ0n) is 13.7. The van der Waals surface area contributed by atoms with Crippen molar-refractivity contribution in [3.05, 3.63) is 76.4 Å². The van der Waals surface area contributed by atoms with Crippen molar-refractivity contribution in [2.24, 2.45) is 0 Å². The maximum atomic E-state index is 13.2. The van der Waals surface area contributed by atoms with E-state index in [0.29, 0.717) is 27.9 Å². The number of pyridine rings is 1. The highest BCUT2D eigenvalue weighted by atomic mass is 35.5. The van der Waals surface area contributed by atoms with Gasteiger partial charge in [0, 0.05) is 29.6 Å². The van der Waals surface area contributed by atoms with Crippen molar-refractivity contribution in [2.45, 2.75) is 19.0 Å². The minimum absolute atomic E-state index is 0.267. The van der Waals surface area contributed by atoms with Gasteiger partial charge in [-0.15, -0.1) is 0 Å². The van der Waals surface area contributed by atoms with Crippen LogP contribution in [0.25, 0.3) is 10.9 Å². The normalized spacial score (nSPS) is 16.3. The number of aliphatic carboxylic acids is 1. The number of hydrogen-bond donors (Lipinski definition) is 1. The van der Waals surface area contributed by atoms with Crippen LogP contribution in [-0.2, 0) is 17.8 Å². The Morgan fingerprint density at radius 1 is 1.12 bits per heavy atom. The molecule has 130 valence electrons. The lowest BCUT2D eigenvalue weighted by Crippen LogP contribution is -2.48. The largest absolute Gasteiger partial charge is 0.480 e. The third kappa shape index (κ3) is 2.80. The van der Waals surface area contributed by atoms with Crippen molar-refractivity contribution in [3.8, 4) is 0 Å². The molecule has 6 heteroatoms. The topological polar surface area (TPSA) is 70.5 Å². The Morgan fingerprint density at radius 2 is 1.88 bits per heavy atom. The molecule has 0 aliphatic carbocycles. The first-order valence-corrected chi connectivity index (χ1v) is 8.57. The first kappa shape index (κ1) is 16.5. The van der Waals surface area contributed by atoms with Crippen molar-refractivity contribution < 1.29 is 14.7 Å². The molecule has 1 aliphatic heterocycles. The fourth-order valence-electron chi connectivity index (χ4n) is 3.42. The minimum atomic E-state index is -1.01. The van der Waals surface area contributed by atoms with Gasteiger partial charge in [-0.2, -0.15) is 0 Å². The van der Waals surface area contributed by atoms with E-state index in [-0.39, 0.29) is 12.5 Å². The first-order valence-electron chi connectivity index (χ1n) is 8.19. The molecule has 3 aromatic rings. The molecular weight excluding hydrogens is 352 g/mol. The summed E-state index contributed by atoms with van der Waals surface area (Å²) < 4.78 is 0. The molecule has 1 atom stereocenters. The molecule has 2 aromatic carbocycles. The highest BCUT2D eigenvalue weighted by Crippen LogP contribution is 2.28. The van der Waals surface area contributed by atoms with Gasteiger partial charge in [-0.05, 0) is 29.3 Å². The predicted molar refractivity (Wildman–Crippen MR) is 98.2 cm³/mol. The lowest BCUT2D eigenvalue weighted by molar-refractivity contribution is -0.142. The molecular formula is C20H15ClN2O3. The second-order valence-corrected chi connectivity index (χ2v) is 6.72. The zero-order valence-corrected chi connectivity index (χ0v) is 14.5. The fourth-order valence-corrected chi connectivity index (χ4v) is 3.59. The lowest BCUT2D eigenvalue weighted by atomic mass is 9.93. The van der Waals surface area contributed by atoms with E-state index in [1.807, 2.05) is 24.3 Å². The Hall–Kier alpha value is -2.92. The molecule has 0 spiro atoms. The van der Waals surface area contributed by atoms with Crippen LogP contribution in [0.2, 0.25) is 5.02 Å². The summed E-state index contributed by atoms with van der Waals surface area (Å²) in [5.41, 5.74) is 2.97. The number of aromatic nitrogens is 1. The van der Waals surface area contributed by atoms with E-state index in [1.165, 1.54) is 4.90 Å². The highest BCUT2D eigenvalue weighted by molar-refractivity contribution is 6.31. The summed E-state index contributed by atoms with van der Waals surface area (Å²) in [6.07, 6.45) is 1.84. The summed E-state index contributed by atoms with van der Waals surface area (Å²) in [6, 6.07) is 13.5. The molecule has 0 bridgehead atoms. The molecule has 0 unspecified atom stereocenters. The van der Waals surface area contributed by atoms with Gasteiger partial charge in [-0.3, -0.25) is 9.78 Å². The zero-order chi connectivity index (χ0) is 18.3. The van der Waals surface area contributed by atoms with E-state index in [4.69, 9.17) is 11.6 Å². The molecule has 1 aromatic heterocycles. The number of nitrogens with zero attached hydrogens (tertiary/aromatic N) is 2. The maximum absolute atomic E-state index is 13.2. The van der Waals surface area contributed by atoms with Gasteiger partial charge in [0.15, 0.2) is 0 Å². The van der Waals surface area contributed by atoms with Gasteiger partial charge in [0.25, 0.3) is 5.91 Å². The SMILES string of the molecule is O=C(O)[C@@H]1Cc2ccccc2CN1C(=O)c1ccnc2cc(Cl)ccc12. The monoisotopic (exact) mass is 366 g/mol. The van der Waals surface area contributed by atoms with Gasteiger partial charge in [0.1, 0.15) is 6.04 Å². The van der Waals surface area contributed by atoms with Gasteiger partial charge < -0.3 is 10.0 Å². The smallest absolute Gasteiger partial charge is 0.326 e. The van der Waals surface area contributed by atoms with E-state index in [1.54, 1.807) is 30.5 Å². The molecule has 1 N–H and O–H groups in total. The summed E-state index contributed by atoms with van der Waals surface area (Å²) >= 11 is 6.01. The van der Waals surface area contributed by atoms with Crippen LogP contribution < -0.4 is 0 Å². The Balaban J connectivity index is 1.79.